The van der Waals surface area contributed by atoms with Crippen LogP contribution in [-0.2, 0) is 0 Å². The fraction of sp³-hybridized carbons (Fsp3) is 0. The molecule has 0 atom stereocenters. The normalized spacial score (nSPS) is 9.18. The molecule has 0 aliphatic rings. The van der Waals surface area contributed by atoms with Crippen molar-refractivity contribution in [3.63, 3.8) is 0 Å². The van der Waals surface area contributed by atoms with Crippen LogP contribution in [0.4, 0.5) is 0 Å². The predicted octanol–water partition coefficient (Wildman–Crippen LogP) is 2.06. The maximum atomic E-state index is 10.7. The third-order valence-electron chi connectivity index (χ3n) is 1.33. The Morgan fingerprint density at radius 3 is 2.55 bits per heavy atom. The molecule has 1 N–H and O–H groups in total. The second-order valence-corrected chi connectivity index (χ2v) is 2.35. The first-order chi connectivity index (χ1) is 5.25. The number of benzene rings is 1. The largest absolute Gasteiger partial charge is 0.308 e. The minimum absolute atomic E-state index is 0.379. The Labute approximate surface area is 69.3 Å². The van der Waals surface area contributed by atoms with Crippen molar-refractivity contribution in [2.24, 2.45) is 0 Å². The standard InChI is InChI=1S/C8H6ClNO/c9-8(11)7-4-2-1-3-6(7)5-10/h1-5,10H. The van der Waals surface area contributed by atoms with Crippen LogP contribution in [0.2, 0.25) is 0 Å². The molecule has 0 saturated heterocycles. The Hall–Kier alpha value is -1.15. The summed E-state index contributed by atoms with van der Waals surface area (Å²) >= 11 is 5.24. The highest BCUT2D eigenvalue weighted by Crippen LogP contribution is 2.08. The first-order valence-electron chi connectivity index (χ1n) is 3.05. The topological polar surface area (TPSA) is 40.9 Å². The third-order valence-corrected chi connectivity index (χ3v) is 1.53. The Kier molecular flexibility index (Phi) is 2.39. The number of halogens is 1. The van der Waals surface area contributed by atoms with Gasteiger partial charge in [0, 0.05) is 17.3 Å². The molecule has 0 bridgehead atoms. The number of hydrogen-bond acceptors (Lipinski definition) is 2. The van der Waals surface area contributed by atoms with Crippen molar-refractivity contribution in [3.8, 4) is 0 Å². The smallest absolute Gasteiger partial charge is 0.253 e. The molecule has 1 rings (SSSR count). The summed E-state index contributed by atoms with van der Waals surface area (Å²) in [6.45, 7) is 0. The van der Waals surface area contributed by atoms with E-state index in [0.717, 1.165) is 6.21 Å². The lowest BCUT2D eigenvalue weighted by molar-refractivity contribution is 0.108. The van der Waals surface area contributed by atoms with Gasteiger partial charge in [-0.3, -0.25) is 4.79 Å². The van der Waals surface area contributed by atoms with E-state index >= 15 is 0 Å². The van der Waals surface area contributed by atoms with Gasteiger partial charge in [-0.05, 0) is 17.7 Å². The summed E-state index contributed by atoms with van der Waals surface area (Å²) in [7, 11) is 0. The molecule has 11 heavy (non-hydrogen) atoms. The number of rotatable bonds is 2. The lowest BCUT2D eigenvalue weighted by Crippen LogP contribution is -1.94. The molecule has 1 aromatic carbocycles. The van der Waals surface area contributed by atoms with Crippen LogP contribution in [0.1, 0.15) is 15.9 Å². The summed E-state index contributed by atoms with van der Waals surface area (Å²) in [5, 5.41) is 6.42. The molecular weight excluding hydrogens is 162 g/mol. The maximum Gasteiger partial charge on any atom is 0.253 e. The van der Waals surface area contributed by atoms with Crippen LogP contribution in [0.5, 0.6) is 0 Å². The fourth-order valence-electron chi connectivity index (χ4n) is 0.802. The van der Waals surface area contributed by atoms with Gasteiger partial charge in [-0.25, -0.2) is 0 Å². The molecule has 3 heteroatoms. The molecule has 0 saturated carbocycles. The molecule has 0 spiro atoms. The Balaban J connectivity index is 3.22. The lowest BCUT2D eigenvalue weighted by Gasteiger charge is -1.96. The van der Waals surface area contributed by atoms with Gasteiger partial charge in [-0.1, -0.05) is 18.2 Å². The average Bonchev–Trinajstić information content (AvgIpc) is 2.04. The molecule has 1 aromatic rings. The van der Waals surface area contributed by atoms with Gasteiger partial charge in [0.1, 0.15) is 0 Å². The van der Waals surface area contributed by atoms with Crippen LogP contribution in [0, 0.1) is 5.41 Å². The molecule has 0 aliphatic carbocycles. The number of nitrogens with one attached hydrogen (secondary N) is 1. The molecule has 0 unspecified atom stereocenters. The molecule has 0 amide bonds. The van der Waals surface area contributed by atoms with Crippen LogP contribution in [-0.4, -0.2) is 11.5 Å². The molecule has 0 radical (unpaired) electrons. The number of carbonyl (C=O) groups is 1. The van der Waals surface area contributed by atoms with E-state index in [1.165, 1.54) is 0 Å². The molecule has 0 aromatic heterocycles. The molecule has 0 fully saturated rings. The van der Waals surface area contributed by atoms with E-state index in [9.17, 15) is 4.79 Å². The van der Waals surface area contributed by atoms with Gasteiger partial charge in [0.2, 0.25) is 0 Å². The van der Waals surface area contributed by atoms with Gasteiger partial charge in [-0.2, -0.15) is 0 Å². The van der Waals surface area contributed by atoms with E-state index in [2.05, 4.69) is 0 Å². The second kappa shape index (κ2) is 3.30. The second-order valence-electron chi connectivity index (χ2n) is 2.01. The lowest BCUT2D eigenvalue weighted by atomic mass is 10.1. The summed E-state index contributed by atoms with van der Waals surface area (Å²) in [5.74, 6) is 0. The zero-order valence-electron chi connectivity index (χ0n) is 5.67. The Morgan fingerprint density at radius 1 is 1.45 bits per heavy atom. The first kappa shape index (κ1) is 7.95. The molecular formula is C8H6ClNO. The predicted molar refractivity (Wildman–Crippen MR) is 44.5 cm³/mol. The molecule has 2 nitrogen and oxygen atoms in total. The first-order valence-corrected chi connectivity index (χ1v) is 3.43. The highest BCUT2D eigenvalue weighted by molar-refractivity contribution is 6.68. The Morgan fingerprint density at radius 2 is 2.09 bits per heavy atom. The van der Waals surface area contributed by atoms with Crippen molar-refractivity contribution >= 4 is 23.1 Å². The van der Waals surface area contributed by atoms with Gasteiger partial charge in [0.15, 0.2) is 0 Å². The van der Waals surface area contributed by atoms with E-state index < -0.39 is 5.24 Å². The van der Waals surface area contributed by atoms with Crippen molar-refractivity contribution in [2.45, 2.75) is 0 Å². The van der Waals surface area contributed by atoms with Crippen LogP contribution in [0.25, 0.3) is 0 Å². The SMILES string of the molecule is N=Cc1ccccc1C(=O)Cl. The van der Waals surface area contributed by atoms with Crippen LogP contribution in [0.3, 0.4) is 0 Å². The minimum atomic E-state index is -0.524. The fourth-order valence-corrected chi connectivity index (χ4v) is 0.974. The van der Waals surface area contributed by atoms with E-state index in [1.54, 1.807) is 24.3 Å². The van der Waals surface area contributed by atoms with Gasteiger partial charge in [0.25, 0.3) is 5.24 Å². The molecule has 56 valence electrons. The quantitative estimate of drug-likeness (QED) is 0.532. The van der Waals surface area contributed by atoms with Crippen molar-refractivity contribution in [3.05, 3.63) is 35.4 Å². The summed E-state index contributed by atoms with van der Waals surface area (Å²) in [6.07, 6.45) is 1.11. The molecule has 0 aliphatic heterocycles. The minimum Gasteiger partial charge on any atom is -0.308 e. The summed E-state index contributed by atoms with van der Waals surface area (Å²) in [4.78, 5) is 10.7. The zero-order valence-corrected chi connectivity index (χ0v) is 6.43. The summed E-state index contributed by atoms with van der Waals surface area (Å²) in [5.41, 5.74) is 0.927. The van der Waals surface area contributed by atoms with Crippen molar-refractivity contribution in [1.82, 2.24) is 0 Å². The van der Waals surface area contributed by atoms with Crippen molar-refractivity contribution in [2.75, 3.05) is 0 Å². The van der Waals surface area contributed by atoms with E-state index in [4.69, 9.17) is 17.0 Å². The zero-order chi connectivity index (χ0) is 8.27. The monoisotopic (exact) mass is 167 g/mol. The third kappa shape index (κ3) is 1.65. The van der Waals surface area contributed by atoms with Crippen molar-refractivity contribution in [1.29, 1.82) is 5.41 Å². The Bertz CT molecular complexity index is 296. The van der Waals surface area contributed by atoms with Crippen LogP contribution in [0.15, 0.2) is 24.3 Å². The van der Waals surface area contributed by atoms with E-state index in [0.29, 0.717) is 11.1 Å². The van der Waals surface area contributed by atoms with E-state index in [1.807, 2.05) is 0 Å². The van der Waals surface area contributed by atoms with Gasteiger partial charge < -0.3 is 5.41 Å². The maximum absolute atomic E-state index is 10.7. The number of carbonyl (C=O) groups excluding carboxylic acids is 1. The highest BCUT2D eigenvalue weighted by atomic mass is 35.5. The summed E-state index contributed by atoms with van der Waals surface area (Å²) < 4.78 is 0. The number of hydrogen-bond donors (Lipinski definition) is 1. The highest BCUT2D eigenvalue weighted by Gasteiger charge is 2.04. The van der Waals surface area contributed by atoms with Crippen LogP contribution >= 0.6 is 11.6 Å². The summed E-state index contributed by atoms with van der Waals surface area (Å²) in [6, 6.07) is 6.73. The van der Waals surface area contributed by atoms with Crippen molar-refractivity contribution < 1.29 is 4.79 Å². The van der Waals surface area contributed by atoms with Gasteiger partial charge in [0.05, 0.1) is 0 Å². The molecule has 0 heterocycles. The van der Waals surface area contributed by atoms with Gasteiger partial charge >= 0.3 is 0 Å². The van der Waals surface area contributed by atoms with Crippen LogP contribution < -0.4 is 0 Å². The van der Waals surface area contributed by atoms with E-state index in [-0.39, 0.29) is 0 Å². The van der Waals surface area contributed by atoms with Gasteiger partial charge in [-0.15, -0.1) is 0 Å². The average molecular weight is 168 g/mol.